The van der Waals surface area contributed by atoms with Gasteiger partial charge < -0.3 is 5.73 Å². The van der Waals surface area contributed by atoms with E-state index in [-0.39, 0.29) is 12.4 Å². The van der Waals surface area contributed by atoms with Gasteiger partial charge in [-0.3, -0.25) is 0 Å². The number of hydrogen-bond donors (Lipinski definition) is 1. The van der Waals surface area contributed by atoms with Crippen molar-refractivity contribution in [1.29, 1.82) is 0 Å². The van der Waals surface area contributed by atoms with Gasteiger partial charge in [0.2, 0.25) is 0 Å². The Hall–Kier alpha value is 0.0800. The summed E-state index contributed by atoms with van der Waals surface area (Å²) in [5, 5.41) is 0. The average molecular weight is 212 g/mol. The summed E-state index contributed by atoms with van der Waals surface area (Å²) in [7, 11) is 0. The van der Waals surface area contributed by atoms with Crippen LogP contribution in [-0.4, -0.2) is 0 Å². The van der Waals surface area contributed by atoms with Gasteiger partial charge in [-0.05, 0) is 12.0 Å². The second kappa shape index (κ2) is 4.19. The molecule has 0 saturated carbocycles. The Labute approximate surface area is 82.0 Å². The van der Waals surface area contributed by atoms with E-state index in [0.29, 0.717) is 5.92 Å². The first-order valence-electron chi connectivity index (χ1n) is 3.16. The lowest BCUT2D eigenvalue weighted by atomic mass is 10.1. The molecule has 2 N–H and O–H groups in total. The maximum absolute atomic E-state index is 5.75. The van der Waals surface area contributed by atoms with Crippen LogP contribution in [0, 0.1) is 0 Å². The predicted molar refractivity (Wildman–Crippen MR) is 55.1 cm³/mol. The highest BCUT2D eigenvalue weighted by Crippen LogP contribution is 2.33. The quantitative estimate of drug-likeness (QED) is 0.757. The van der Waals surface area contributed by atoms with E-state index in [2.05, 4.69) is 13.8 Å². The van der Waals surface area contributed by atoms with E-state index in [1.165, 1.54) is 4.88 Å². The number of nitrogen functional groups attached to an aromatic ring is 1. The van der Waals surface area contributed by atoms with E-state index in [1.807, 2.05) is 6.07 Å². The van der Waals surface area contributed by atoms with E-state index < -0.39 is 0 Å². The number of nitrogens with two attached hydrogens (primary N) is 1. The van der Waals surface area contributed by atoms with E-state index >= 15 is 0 Å². The molecule has 1 nitrogen and oxygen atoms in total. The molecule has 1 aromatic rings. The van der Waals surface area contributed by atoms with Crippen molar-refractivity contribution in [2.45, 2.75) is 19.8 Å². The van der Waals surface area contributed by atoms with Gasteiger partial charge in [-0.15, -0.1) is 23.7 Å². The second-order valence-electron chi connectivity index (χ2n) is 2.52. The zero-order chi connectivity index (χ0) is 7.72. The number of halogens is 2. The van der Waals surface area contributed by atoms with Crippen molar-refractivity contribution in [3.8, 4) is 0 Å². The van der Waals surface area contributed by atoms with Crippen molar-refractivity contribution in [3.63, 3.8) is 0 Å². The molecule has 0 saturated heterocycles. The molecule has 1 heterocycles. The number of anilines is 1. The molecule has 0 spiro atoms. The summed E-state index contributed by atoms with van der Waals surface area (Å²) >= 11 is 7.31. The van der Waals surface area contributed by atoms with E-state index in [0.717, 1.165) is 10.0 Å². The molecule has 0 fully saturated rings. The van der Waals surface area contributed by atoms with Crippen LogP contribution >= 0.6 is 35.3 Å². The normalized spacial score (nSPS) is 9.82. The fourth-order valence-corrected chi connectivity index (χ4v) is 2.01. The fourth-order valence-electron chi connectivity index (χ4n) is 0.838. The van der Waals surface area contributed by atoms with Crippen LogP contribution in [0.4, 0.5) is 5.69 Å². The lowest BCUT2D eigenvalue weighted by Crippen LogP contribution is -1.89. The molecule has 4 heteroatoms. The maximum Gasteiger partial charge on any atom is 0.0952 e. The molecule has 0 aliphatic heterocycles. The Bertz CT molecular complexity index is 232. The number of hydrogen-bond acceptors (Lipinski definition) is 2. The molecule has 64 valence electrons. The zero-order valence-corrected chi connectivity index (χ0v) is 8.82. The molecular formula is C7H11Cl2NS. The van der Waals surface area contributed by atoms with Crippen molar-refractivity contribution in [2.75, 3.05) is 5.73 Å². The zero-order valence-electron chi connectivity index (χ0n) is 6.43. The monoisotopic (exact) mass is 211 g/mol. The summed E-state index contributed by atoms with van der Waals surface area (Å²) < 4.78 is 0.779. The molecule has 0 aliphatic rings. The van der Waals surface area contributed by atoms with E-state index in [4.69, 9.17) is 17.3 Å². The molecule has 1 aromatic heterocycles. The molecule has 0 unspecified atom stereocenters. The third-order valence-electron chi connectivity index (χ3n) is 1.29. The van der Waals surface area contributed by atoms with E-state index in [1.54, 1.807) is 11.3 Å². The van der Waals surface area contributed by atoms with Crippen LogP contribution in [0.2, 0.25) is 4.34 Å². The largest absolute Gasteiger partial charge is 0.398 e. The minimum atomic E-state index is 0. The fraction of sp³-hybridized carbons (Fsp3) is 0.429. The van der Waals surface area contributed by atoms with Crippen molar-refractivity contribution < 1.29 is 0 Å². The Balaban J connectivity index is 0.000001000. The van der Waals surface area contributed by atoms with Crippen LogP contribution in [0.25, 0.3) is 0 Å². The van der Waals surface area contributed by atoms with Gasteiger partial charge in [-0.1, -0.05) is 25.4 Å². The van der Waals surface area contributed by atoms with Crippen LogP contribution in [0.15, 0.2) is 6.07 Å². The molecule has 0 atom stereocenters. The molecule has 0 aliphatic carbocycles. The summed E-state index contributed by atoms with van der Waals surface area (Å²) in [5.74, 6) is 0.484. The van der Waals surface area contributed by atoms with Gasteiger partial charge in [0.1, 0.15) is 0 Å². The third kappa shape index (κ3) is 2.55. The van der Waals surface area contributed by atoms with Gasteiger partial charge in [0, 0.05) is 10.6 Å². The molecule has 0 bridgehead atoms. The highest BCUT2D eigenvalue weighted by Gasteiger charge is 2.07. The van der Waals surface area contributed by atoms with Gasteiger partial charge >= 0.3 is 0 Å². The first-order valence-corrected chi connectivity index (χ1v) is 4.35. The van der Waals surface area contributed by atoms with Crippen LogP contribution in [-0.2, 0) is 0 Å². The summed E-state index contributed by atoms with van der Waals surface area (Å²) in [6, 6.07) is 1.81. The third-order valence-corrected chi connectivity index (χ3v) is 2.87. The minimum Gasteiger partial charge on any atom is -0.398 e. The number of rotatable bonds is 1. The molecule has 1 rings (SSSR count). The van der Waals surface area contributed by atoms with Crippen molar-refractivity contribution in [3.05, 3.63) is 15.3 Å². The van der Waals surface area contributed by atoms with Crippen LogP contribution in [0.3, 0.4) is 0 Å². The number of thiophene rings is 1. The summed E-state index contributed by atoms with van der Waals surface area (Å²) in [6.07, 6.45) is 0. The van der Waals surface area contributed by atoms with Crippen LogP contribution in [0.5, 0.6) is 0 Å². The van der Waals surface area contributed by atoms with Crippen molar-refractivity contribution >= 4 is 41.0 Å². The van der Waals surface area contributed by atoms with Crippen molar-refractivity contribution in [2.24, 2.45) is 0 Å². The smallest absolute Gasteiger partial charge is 0.0952 e. The topological polar surface area (TPSA) is 26.0 Å². The standard InChI is InChI=1S/C7H10ClNS.ClH/c1-4(2)7-5(9)3-6(8)10-7;/h3-4H,9H2,1-2H3;1H. The highest BCUT2D eigenvalue weighted by atomic mass is 35.5. The summed E-state index contributed by atoms with van der Waals surface area (Å²) in [6.45, 7) is 4.22. The SMILES string of the molecule is CC(C)c1sc(Cl)cc1N.Cl. The molecule has 0 aromatic carbocycles. The summed E-state index contributed by atoms with van der Waals surface area (Å²) in [5.41, 5.74) is 6.49. The van der Waals surface area contributed by atoms with Gasteiger partial charge in [0.05, 0.1) is 4.34 Å². The van der Waals surface area contributed by atoms with Gasteiger partial charge in [0.15, 0.2) is 0 Å². The van der Waals surface area contributed by atoms with Crippen LogP contribution < -0.4 is 5.73 Å². The summed E-state index contributed by atoms with van der Waals surface area (Å²) in [4.78, 5) is 1.19. The maximum atomic E-state index is 5.75. The van der Waals surface area contributed by atoms with Gasteiger partial charge in [-0.25, -0.2) is 0 Å². The minimum absolute atomic E-state index is 0. The molecule has 0 amide bonds. The van der Waals surface area contributed by atoms with E-state index in [9.17, 15) is 0 Å². The van der Waals surface area contributed by atoms with Gasteiger partial charge in [0.25, 0.3) is 0 Å². The Morgan fingerprint density at radius 2 is 2.09 bits per heavy atom. The lowest BCUT2D eigenvalue weighted by molar-refractivity contribution is 0.892. The Morgan fingerprint density at radius 3 is 2.27 bits per heavy atom. The lowest BCUT2D eigenvalue weighted by Gasteiger charge is -2.00. The highest BCUT2D eigenvalue weighted by molar-refractivity contribution is 7.16. The Kier molecular flexibility index (Phi) is 4.22. The van der Waals surface area contributed by atoms with Crippen molar-refractivity contribution in [1.82, 2.24) is 0 Å². The first-order chi connectivity index (χ1) is 4.61. The molecular weight excluding hydrogens is 201 g/mol. The molecule has 0 radical (unpaired) electrons. The predicted octanol–water partition coefficient (Wildman–Crippen LogP) is 3.53. The first kappa shape index (κ1) is 11.1. The van der Waals surface area contributed by atoms with Crippen LogP contribution in [0.1, 0.15) is 24.6 Å². The average Bonchev–Trinajstić information content (AvgIpc) is 2.10. The second-order valence-corrected chi connectivity index (χ2v) is 4.24. The van der Waals surface area contributed by atoms with Gasteiger partial charge in [-0.2, -0.15) is 0 Å². The molecule has 11 heavy (non-hydrogen) atoms. The Morgan fingerprint density at radius 1 is 1.55 bits per heavy atom.